The first-order valence-electron chi connectivity index (χ1n) is 14.8. The Balaban J connectivity index is 1.06. The van der Waals surface area contributed by atoms with Crippen molar-refractivity contribution >= 4 is 38.4 Å². The summed E-state index contributed by atoms with van der Waals surface area (Å²) in [4.78, 5) is 34.7. The summed E-state index contributed by atoms with van der Waals surface area (Å²) < 4.78 is 28.8. The van der Waals surface area contributed by atoms with Crippen LogP contribution in [-0.4, -0.2) is 61.2 Å². The molecule has 0 unspecified atom stereocenters. The molecule has 1 saturated carbocycles. The van der Waals surface area contributed by atoms with E-state index < -0.39 is 15.4 Å². The lowest BCUT2D eigenvalue weighted by Crippen LogP contribution is -2.54. The van der Waals surface area contributed by atoms with Crippen molar-refractivity contribution in [3.8, 4) is 0 Å². The van der Waals surface area contributed by atoms with Gasteiger partial charge in [-0.1, -0.05) is 48.9 Å². The highest BCUT2D eigenvalue weighted by Gasteiger charge is 2.36. The van der Waals surface area contributed by atoms with Crippen LogP contribution in [0.5, 0.6) is 0 Å². The Kier molecular flexibility index (Phi) is 7.68. The number of sulfonamides is 1. The van der Waals surface area contributed by atoms with E-state index >= 15 is 0 Å². The molecule has 6 rings (SSSR count). The molecule has 0 radical (unpaired) electrons. The maximum atomic E-state index is 13.5. The predicted molar refractivity (Wildman–Crippen MR) is 168 cm³/mol. The van der Waals surface area contributed by atoms with Crippen molar-refractivity contribution < 1.29 is 18.0 Å². The Labute approximate surface area is 252 Å². The van der Waals surface area contributed by atoms with Gasteiger partial charge in [-0.15, -0.1) is 0 Å². The number of aromatic nitrogens is 1. The minimum Gasteiger partial charge on any atom is -0.338 e. The fraction of sp³-hybridized carbons (Fsp3) is 0.324. The first kappa shape index (κ1) is 28.9. The summed E-state index contributed by atoms with van der Waals surface area (Å²) in [6.07, 6.45) is 5.35. The molecule has 0 atom stereocenters. The standard InChI is InChI=1S/C34H36N4O4S/c1-34(2,28-15-11-25(12-16-28)24-6-3-7-24)33(40)38-22-20-37(21-23-38)32(39)27-13-17-29(18-14-27)36-43(41,42)30-10-4-8-26-9-5-19-35-31(26)30/h4-5,8-19,24,36H,3,6-7,20-23H2,1-2H3. The summed E-state index contributed by atoms with van der Waals surface area (Å²) >= 11 is 0. The van der Waals surface area contributed by atoms with E-state index in [9.17, 15) is 18.0 Å². The lowest BCUT2D eigenvalue weighted by molar-refractivity contribution is -0.137. The third kappa shape index (κ3) is 5.73. The van der Waals surface area contributed by atoms with E-state index in [0.29, 0.717) is 48.9 Å². The molecule has 1 aromatic heterocycles. The van der Waals surface area contributed by atoms with Crippen molar-refractivity contribution in [2.75, 3.05) is 30.9 Å². The first-order valence-corrected chi connectivity index (χ1v) is 16.3. The molecular formula is C34H36N4O4S. The Hall–Kier alpha value is -4.24. The maximum Gasteiger partial charge on any atom is 0.264 e. The van der Waals surface area contributed by atoms with Crippen molar-refractivity contribution in [1.29, 1.82) is 0 Å². The number of piperazine rings is 1. The summed E-state index contributed by atoms with van der Waals surface area (Å²) in [5.41, 5.74) is 2.91. The number of nitrogens with one attached hydrogen (secondary N) is 1. The largest absolute Gasteiger partial charge is 0.338 e. The van der Waals surface area contributed by atoms with Gasteiger partial charge in [0.2, 0.25) is 5.91 Å². The monoisotopic (exact) mass is 596 g/mol. The Morgan fingerprint density at radius 2 is 1.49 bits per heavy atom. The van der Waals surface area contributed by atoms with Gasteiger partial charge in [-0.2, -0.15) is 0 Å². The number of hydrogen-bond acceptors (Lipinski definition) is 5. The molecule has 0 bridgehead atoms. The van der Waals surface area contributed by atoms with Crippen LogP contribution in [0, 0.1) is 0 Å². The molecule has 2 heterocycles. The second kappa shape index (κ2) is 11.4. The number of fused-ring (bicyclic) bond motifs is 1. The summed E-state index contributed by atoms with van der Waals surface area (Å²) in [6, 6.07) is 23.5. The van der Waals surface area contributed by atoms with Gasteiger partial charge in [0.25, 0.3) is 15.9 Å². The van der Waals surface area contributed by atoms with Crippen LogP contribution in [0.3, 0.4) is 0 Å². The maximum absolute atomic E-state index is 13.5. The van der Waals surface area contributed by atoms with Gasteiger partial charge in [-0.25, -0.2) is 8.42 Å². The number of para-hydroxylation sites is 1. The van der Waals surface area contributed by atoms with E-state index in [1.54, 1.807) is 47.5 Å². The fourth-order valence-corrected chi connectivity index (χ4v) is 7.15. The van der Waals surface area contributed by atoms with Crippen LogP contribution >= 0.6 is 0 Å². The van der Waals surface area contributed by atoms with E-state index in [2.05, 4.69) is 34.0 Å². The number of carbonyl (C=O) groups excluding carboxylic acids is 2. The number of hydrogen-bond donors (Lipinski definition) is 1. The van der Waals surface area contributed by atoms with Gasteiger partial charge in [0, 0.05) is 49.0 Å². The topological polar surface area (TPSA) is 99.7 Å². The summed E-state index contributed by atoms with van der Waals surface area (Å²) in [5.74, 6) is 0.575. The molecule has 2 aliphatic rings. The minimum absolute atomic E-state index is 0.0639. The van der Waals surface area contributed by atoms with Crippen molar-refractivity contribution in [2.24, 2.45) is 0 Å². The number of nitrogens with zero attached hydrogens (tertiary/aromatic N) is 3. The van der Waals surface area contributed by atoms with Crippen LogP contribution < -0.4 is 4.72 Å². The second-order valence-electron chi connectivity index (χ2n) is 12.0. The van der Waals surface area contributed by atoms with Gasteiger partial charge in [-0.05, 0) is 80.1 Å². The van der Waals surface area contributed by atoms with E-state index in [1.807, 2.05) is 30.9 Å². The minimum atomic E-state index is -3.89. The smallest absolute Gasteiger partial charge is 0.264 e. The molecule has 2 amide bonds. The molecule has 1 N–H and O–H groups in total. The lowest BCUT2D eigenvalue weighted by Gasteiger charge is -2.39. The molecule has 4 aromatic rings. The highest BCUT2D eigenvalue weighted by atomic mass is 32.2. The highest BCUT2D eigenvalue weighted by Crippen LogP contribution is 2.37. The van der Waals surface area contributed by atoms with Crippen LogP contribution in [0.1, 0.15) is 60.5 Å². The zero-order valence-electron chi connectivity index (χ0n) is 24.5. The SMILES string of the molecule is CC(C)(C(=O)N1CCN(C(=O)c2ccc(NS(=O)(=O)c3cccc4cccnc34)cc2)CC1)c1ccc(C2CCC2)cc1. The molecule has 3 aromatic carbocycles. The third-order valence-corrected chi connectivity index (χ3v) is 10.3. The molecule has 2 fully saturated rings. The van der Waals surface area contributed by atoms with Crippen LogP contribution in [0.25, 0.3) is 10.9 Å². The number of pyridine rings is 1. The zero-order valence-corrected chi connectivity index (χ0v) is 25.3. The van der Waals surface area contributed by atoms with Crippen molar-refractivity contribution in [3.05, 3.63) is 102 Å². The van der Waals surface area contributed by atoms with E-state index in [0.717, 1.165) is 10.9 Å². The Bertz CT molecular complexity index is 1750. The average Bonchev–Trinajstić information content (AvgIpc) is 3.00. The van der Waals surface area contributed by atoms with E-state index in [1.165, 1.54) is 30.9 Å². The van der Waals surface area contributed by atoms with E-state index in [-0.39, 0.29) is 16.7 Å². The van der Waals surface area contributed by atoms with Crippen LogP contribution in [0.15, 0.2) is 90.0 Å². The summed E-state index contributed by atoms with van der Waals surface area (Å²) in [7, 11) is -3.89. The number of rotatable bonds is 7. The normalized spacial score (nSPS) is 16.1. The summed E-state index contributed by atoms with van der Waals surface area (Å²) in [6.45, 7) is 5.74. The number of anilines is 1. The number of benzene rings is 3. The van der Waals surface area contributed by atoms with E-state index in [4.69, 9.17) is 0 Å². The van der Waals surface area contributed by atoms with Gasteiger partial charge in [0.1, 0.15) is 4.90 Å². The molecular weight excluding hydrogens is 560 g/mol. The van der Waals surface area contributed by atoms with Crippen LogP contribution in [0.4, 0.5) is 5.69 Å². The quantitative estimate of drug-likeness (QED) is 0.301. The van der Waals surface area contributed by atoms with Gasteiger partial charge >= 0.3 is 0 Å². The molecule has 0 spiro atoms. The van der Waals surface area contributed by atoms with Gasteiger partial charge < -0.3 is 9.80 Å². The van der Waals surface area contributed by atoms with Gasteiger partial charge in [0.15, 0.2) is 0 Å². The molecule has 1 aliphatic heterocycles. The third-order valence-electron chi connectivity index (χ3n) is 8.87. The van der Waals surface area contributed by atoms with Crippen molar-refractivity contribution in [3.63, 3.8) is 0 Å². The van der Waals surface area contributed by atoms with Crippen LogP contribution in [-0.2, 0) is 20.2 Å². The fourth-order valence-electron chi connectivity index (χ4n) is 5.91. The first-order chi connectivity index (χ1) is 20.6. The molecule has 43 heavy (non-hydrogen) atoms. The summed E-state index contributed by atoms with van der Waals surface area (Å²) in [5, 5.41) is 0.731. The van der Waals surface area contributed by atoms with Crippen molar-refractivity contribution in [2.45, 2.75) is 49.3 Å². The molecule has 9 heteroatoms. The van der Waals surface area contributed by atoms with Gasteiger partial charge in [-0.3, -0.25) is 19.3 Å². The molecule has 222 valence electrons. The predicted octanol–water partition coefficient (Wildman–Crippen LogP) is 5.57. The Morgan fingerprint density at radius 3 is 2.14 bits per heavy atom. The van der Waals surface area contributed by atoms with Gasteiger partial charge in [0.05, 0.1) is 10.9 Å². The zero-order chi connectivity index (χ0) is 30.2. The molecule has 1 aliphatic carbocycles. The average molecular weight is 597 g/mol. The molecule has 1 saturated heterocycles. The second-order valence-corrected chi connectivity index (χ2v) is 13.6. The Morgan fingerprint density at radius 1 is 0.837 bits per heavy atom. The highest BCUT2D eigenvalue weighted by molar-refractivity contribution is 7.93. The number of carbonyl (C=O) groups is 2. The van der Waals surface area contributed by atoms with Crippen molar-refractivity contribution in [1.82, 2.24) is 14.8 Å². The molecule has 8 nitrogen and oxygen atoms in total. The number of amides is 2. The lowest BCUT2D eigenvalue weighted by atomic mass is 9.77. The van der Waals surface area contributed by atoms with Crippen LogP contribution in [0.2, 0.25) is 0 Å².